The Hall–Kier alpha value is -1.26. The van der Waals surface area contributed by atoms with E-state index in [4.69, 9.17) is 10.5 Å². The van der Waals surface area contributed by atoms with Crippen molar-refractivity contribution in [3.63, 3.8) is 0 Å². The number of rotatable bonds is 5. The van der Waals surface area contributed by atoms with E-state index in [1.807, 2.05) is 32.0 Å². The molecule has 3 N–H and O–H groups in total. The lowest BCUT2D eigenvalue weighted by molar-refractivity contribution is -0.127. The van der Waals surface area contributed by atoms with Crippen LogP contribution in [0.15, 0.2) is 18.2 Å². The number of benzene rings is 1. The van der Waals surface area contributed by atoms with Crippen LogP contribution in [0.2, 0.25) is 0 Å². The molecule has 0 aromatic heterocycles. The summed E-state index contributed by atoms with van der Waals surface area (Å²) in [7, 11) is 0. The van der Waals surface area contributed by atoms with Gasteiger partial charge in [-0.25, -0.2) is 0 Å². The first kappa shape index (κ1) is 18.8. The Kier molecular flexibility index (Phi) is 7.17. The number of carbonyl (C=O) groups excluding carboxylic acids is 1. The Morgan fingerprint density at radius 1 is 1.23 bits per heavy atom. The predicted octanol–water partition coefficient (Wildman–Crippen LogP) is 2.88. The van der Waals surface area contributed by atoms with Gasteiger partial charge in [0.25, 0.3) is 0 Å². The van der Waals surface area contributed by atoms with Gasteiger partial charge in [-0.3, -0.25) is 4.79 Å². The first-order valence-electron chi connectivity index (χ1n) is 7.79. The first-order chi connectivity index (χ1) is 10.0. The number of para-hydroxylation sites is 1. The monoisotopic (exact) mass is 326 g/mol. The van der Waals surface area contributed by atoms with Gasteiger partial charge in [0.1, 0.15) is 12.4 Å². The zero-order chi connectivity index (χ0) is 15.3. The van der Waals surface area contributed by atoms with Gasteiger partial charge in [0.05, 0.1) is 12.1 Å². The fraction of sp³-hybridized carbons (Fsp3) is 0.588. The average molecular weight is 327 g/mol. The van der Waals surface area contributed by atoms with Gasteiger partial charge in [0.15, 0.2) is 0 Å². The molecule has 0 bridgehead atoms. The summed E-state index contributed by atoms with van der Waals surface area (Å²) in [5.74, 6) is 0.874. The largest absolute Gasteiger partial charge is 0.491 e. The van der Waals surface area contributed by atoms with E-state index in [2.05, 4.69) is 5.32 Å². The number of hydrogen-bond donors (Lipinski definition) is 2. The summed E-state index contributed by atoms with van der Waals surface area (Å²) in [6, 6.07) is 6.07. The predicted molar refractivity (Wildman–Crippen MR) is 91.7 cm³/mol. The van der Waals surface area contributed by atoms with Crippen LogP contribution in [0.3, 0.4) is 0 Å². The third-order valence-electron chi connectivity index (χ3n) is 4.24. The van der Waals surface area contributed by atoms with Gasteiger partial charge in [-0.15, -0.1) is 12.4 Å². The van der Waals surface area contributed by atoms with Crippen molar-refractivity contribution in [2.24, 2.45) is 5.73 Å². The number of hydrogen-bond acceptors (Lipinski definition) is 3. The number of halogens is 1. The molecule has 1 aromatic rings. The first-order valence-corrected chi connectivity index (χ1v) is 7.79. The molecule has 0 heterocycles. The number of ether oxygens (including phenoxy) is 1. The van der Waals surface area contributed by atoms with E-state index in [1.54, 1.807) is 0 Å². The van der Waals surface area contributed by atoms with Crippen LogP contribution in [-0.2, 0) is 4.79 Å². The summed E-state index contributed by atoms with van der Waals surface area (Å²) in [6.07, 6.45) is 4.85. The summed E-state index contributed by atoms with van der Waals surface area (Å²) in [6.45, 7) is 5.01. The highest BCUT2D eigenvalue weighted by atomic mass is 35.5. The quantitative estimate of drug-likeness (QED) is 0.818. The normalized spacial score (nSPS) is 16.5. The third kappa shape index (κ3) is 4.62. The topological polar surface area (TPSA) is 64.3 Å². The van der Waals surface area contributed by atoms with Gasteiger partial charge in [0, 0.05) is 0 Å². The standard InChI is InChI=1S/C17H26N2O2.ClH/c1-13-7-6-8-14(2)15(13)21-12-11-19-16(20)17(18)9-4-3-5-10-17;/h6-8H,3-5,9-12,18H2,1-2H3,(H,19,20);1H. The summed E-state index contributed by atoms with van der Waals surface area (Å²) in [5.41, 5.74) is 7.75. The van der Waals surface area contributed by atoms with Gasteiger partial charge in [-0.1, -0.05) is 37.5 Å². The summed E-state index contributed by atoms with van der Waals surface area (Å²) < 4.78 is 5.78. The zero-order valence-corrected chi connectivity index (χ0v) is 14.3. The Labute approximate surface area is 139 Å². The van der Waals surface area contributed by atoms with Gasteiger partial charge in [-0.2, -0.15) is 0 Å². The fourth-order valence-corrected chi connectivity index (χ4v) is 2.93. The molecule has 1 amide bonds. The molecule has 1 fully saturated rings. The summed E-state index contributed by atoms with van der Waals surface area (Å²) in [4.78, 5) is 12.2. The number of amides is 1. The molecular weight excluding hydrogens is 300 g/mol. The Morgan fingerprint density at radius 3 is 2.41 bits per heavy atom. The van der Waals surface area contributed by atoms with Crippen molar-refractivity contribution < 1.29 is 9.53 Å². The van der Waals surface area contributed by atoms with E-state index in [1.165, 1.54) is 6.42 Å². The van der Waals surface area contributed by atoms with Crippen LogP contribution in [0, 0.1) is 13.8 Å². The molecule has 0 radical (unpaired) electrons. The highest BCUT2D eigenvalue weighted by Crippen LogP contribution is 2.26. The molecule has 1 saturated carbocycles. The van der Waals surface area contributed by atoms with E-state index in [-0.39, 0.29) is 18.3 Å². The van der Waals surface area contributed by atoms with Crippen molar-refractivity contribution in [3.05, 3.63) is 29.3 Å². The van der Waals surface area contributed by atoms with E-state index < -0.39 is 5.54 Å². The van der Waals surface area contributed by atoms with Crippen molar-refractivity contribution in [1.29, 1.82) is 0 Å². The maximum Gasteiger partial charge on any atom is 0.240 e. The molecule has 2 rings (SSSR count). The van der Waals surface area contributed by atoms with Crippen molar-refractivity contribution >= 4 is 18.3 Å². The van der Waals surface area contributed by atoms with Crippen LogP contribution in [0.1, 0.15) is 43.2 Å². The minimum Gasteiger partial charge on any atom is -0.491 e. The lowest BCUT2D eigenvalue weighted by Crippen LogP contribution is -2.55. The minimum absolute atomic E-state index is 0. The highest BCUT2D eigenvalue weighted by Gasteiger charge is 2.34. The van der Waals surface area contributed by atoms with Crippen LogP contribution < -0.4 is 15.8 Å². The van der Waals surface area contributed by atoms with Crippen LogP contribution in [0.4, 0.5) is 0 Å². The molecule has 0 unspecified atom stereocenters. The molecule has 1 aromatic carbocycles. The summed E-state index contributed by atoms with van der Waals surface area (Å²) in [5, 5.41) is 2.91. The third-order valence-corrected chi connectivity index (χ3v) is 4.24. The van der Waals surface area contributed by atoms with E-state index in [9.17, 15) is 4.79 Å². The smallest absolute Gasteiger partial charge is 0.240 e. The second kappa shape index (κ2) is 8.39. The molecule has 0 saturated heterocycles. The van der Waals surface area contributed by atoms with Crippen molar-refractivity contribution in [3.8, 4) is 5.75 Å². The Balaban J connectivity index is 0.00000242. The zero-order valence-electron chi connectivity index (χ0n) is 13.5. The van der Waals surface area contributed by atoms with Crippen LogP contribution in [0.25, 0.3) is 0 Å². The van der Waals surface area contributed by atoms with Crippen LogP contribution in [0.5, 0.6) is 5.75 Å². The second-order valence-electron chi connectivity index (χ2n) is 6.04. The molecule has 22 heavy (non-hydrogen) atoms. The number of aryl methyl sites for hydroxylation is 2. The minimum atomic E-state index is -0.670. The molecule has 1 aliphatic rings. The van der Waals surface area contributed by atoms with Crippen molar-refractivity contribution in [2.75, 3.05) is 13.2 Å². The molecule has 124 valence electrons. The Morgan fingerprint density at radius 2 is 1.82 bits per heavy atom. The van der Waals surface area contributed by atoms with Crippen molar-refractivity contribution in [1.82, 2.24) is 5.32 Å². The molecule has 0 aliphatic heterocycles. The molecule has 1 aliphatic carbocycles. The highest BCUT2D eigenvalue weighted by molar-refractivity contribution is 5.86. The van der Waals surface area contributed by atoms with Gasteiger partial charge in [-0.05, 0) is 37.8 Å². The molecular formula is C17H27ClN2O2. The van der Waals surface area contributed by atoms with Crippen LogP contribution >= 0.6 is 12.4 Å². The van der Waals surface area contributed by atoms with Crippen molar-refractivity contribution in [2.45, 2.75) is 51.5 Å². The number of nitrogens with one attached hydrogen (secondary N) is 1. The average Bonchev–Trinajstić information content (AvgIpc) is 2.46. The molecule has 4 nitrogen and oxygen atoms in total. The number of nitrogens with two attached hydrogens (primary N) is 1. The second-order valence-corrected chi connectivity index (χ2v) is 6.04. The van der Waals surface area contributed by atoms with Gasteiger partial charge >= 0.3 is 0 Å². The molecule has 0 spiro atoms. The SMILES string of the molecule is Cc1cccc(C)c1OCCNC(=O)C1(N)CCCCC1.Cl. The van der Waals surface area contributed by atoms with E-state index in [0.29, 0.717) is 13.2 Å². The maximum atomic E-state index is 12.2. The molecule has 5 heteroatoms. The number of carbonyl (C=O) groups is 1. The van der Waals surface area contributed by atoms with Gasteiger partial charge < -0.3 is 15.8 Å². The van der Waals surface area contributed by atoms with Crippen LogP contribution in [-0.4, -0.2) is 24.6 Å². The fourth-order valence-electron chi connectivity index (χ4n) is 2.93. The summed E-state index contributed by atoms with van der Waals surface area (Å²) >= 11 is 0. The lowest BCUT2D eigenvalue weighted by atomic mass is 9.82. The maximum absolute atomic E-state index is 12.2. The molecule has 0 atom stereocenters. The van der Waals surface area contributed by atoms with E-state index in [0.717, 1.165) is 42.6 Å². The van der Waals surface area contributed by atoms with Gasteiger partial charge in [0.2, 0.25) is 5.91 Å². The Bertz CT molecular complexity index is 479. The van der Waals surface area contributed by atoms with E-state index >= 15 is 0 Å². The lowest BCUT2D eigenvalue weighted by Gasteiger charge is -2.31.